The van der Waals surface area contributed by atoms with Crippen molar-refractivity contribution in [1.82, 2.24) is 5.32 Å². The molecule has 0 radical (unpaired) electrons. The zero-order valence-electron chi connectivity index (χ0n) is 19.7. The fourth-order valence-electron chi connectivity index (χ4n) is 3.64. The van der Waals surface area contributed by atoms with Crippen LogP contribution in [0.4, 0.5) is 0 Å². The summed E-state index contributed by atoms with van der Waals surface area (Å²) in [6.07, 6.45) is 5.14. The summed E-state index contributed by atoms with van der Waals surface area (Å²) in [7, 11) is 1.27. The predicted octanol–water partition coefficient (Wildman–Crippen LogP) is 5.27. The number of benzene rings is 2. The summed E-state index contributed by atoms with van der Waals surface area (Å²) in [5.74, 6) is 0.518. The Hall–Kier alpha value is -2.77. The van der Waals surface area contributed by atoms with E-state index in [-0.39, 0.29) is 22.0 Å². The van der Waals surface area contributed by atoms with E-state index in [4.69, 9.17) is 37.4 Å². The maximum Gasteiger partial charge on any atom is 0.328 e. The van der Waals surface area contributed by atoms with Crippen LogP contribution in [0.5, 0.6) is 5.75 Å². The van der Waals surface area contributed by atoms with Gasteiger partial charge in [-0.15, -0.1) is 0 Å². The molecule has 9 heteroatoms. The molecule has 2 aromatic carbocycles. The van der Waals surface area contributed by atoms with Crippen molar-refractivity contribution in [3.63, 3.8) is 0 Å². The molecule has 0 saturated heterocycles. The van der Waals surface area contributed by atoms with E-state index in [9.17, 15) is 9.59 Å². The highest BCUT2D eigenvalue weighted by molar-refractivity contribution is 6.39. The van der Waals surface area contributed by atoms with E-state index < -0.39 is 17.9 Å². The average Bonchev–Trinajstić information content (AvgIpc) is 2.86. The molecule has 7 nitrogen and oxygen atoms in total. The molecule has 2 aromatic rings. The SMILES string of the molecule is COC(=O)[C@H](Cc1ccc(OCCCCCC2=NCCCO2)cc1)NC(=O)c1c(Cl)cccc1Cl. The lowest BCUT2D eigenvalue weighted by molar-refractivity contribution is -0.142. The predicted molar refractivity (Wildman–Crippen MR) is 137 cm³/mol. The summed E-state index contributed by atoms with van der Waals surface area (Å²) >= 11 is 12.2. The first-order chi connectivity index (χ1) is 17.0. The first-order valence-corrected chi connectivity index (χ1v) is 12.4. The van der Waals surface area contributed by atoms with Crippen molar-refractivity contribution < 1.29 is 23.8 Å². The van der Waals surface area contributed by atoms with Crippen LogP contribution >= 0.6 is 23.2 Å². The van der Waals surface area contributed by atoms with Crippen molar-refractivity contribution in [1.29, 1.82) is 0 Å². The van der Waals surface area contributed by atoms with Gasteiger partial charge in [-0.05, 0) is 49.1 Å². The quantitative estimate of drug-likeness (QED) is 0.304. The number of esters is 1. The van der Waals surface area contributed by atoms with Gasteiger partial charge in [0.2, 0.25) is 0 Å². The van der Waals surface area contributed by atoms with Crippen LogP contribution in [0.1, 0.15) is 48.0 Å². The van der Waals surface area contributed by atoms with Gasteiger partial charge in [0.25, 0.3) is 5.91 Å². The minimum absolute atomic E-state index is 0.118. The second-order valence-electron chi connectivity index (χ2n) is 8.13. The van der Waals surface area contributed by atoms with Gasteiger partial charge in [0.1, 0.15) is 11.8 Å². The van der Waals surface area contributed by atoms with E-state index >= 15 is 0 Å². The van der Waals surface area contributed by atoms with E-state index in [0.717, 1.165) is 62.5 Å². The standard InChI is InChI=1S/C26H30Cl2N2O5/c1-33-26(32)22(30-25(31)24-20(27)7-5-8-21(24)28)17-18-10-12-19(13-11-18)34-15-4-2-3-9-23-29-14-6-16-35-23/h5,7-8,10-13,22H,2-4,6,9,14-17H2,1H3,(H,30,31)/t22-/m0/s1. The fraction of sp³-hybridized carbons (Fsp3) is 0.423. The van der Waals surface area contributed by atoms with Crippen molar-refractivity contribution in [3.05, 3.63) is 63.6 Å². The molecule has 0 bridgehead atoms. The van der Waals surface area contributed by atoms with Crippen LogP contribution in [0, 0.1) is 0 Å². The number of unbranched alkanes of at least 4 members (excludes halogenated alkanes) is 2. The van der Waals surface area contributed by atoms with Gasteiger partial charge in [0, 0.05) is 25.8 Å². The molecule has 3 rings (SSSR count). The van der Waals surface area contributed by atoms with Gasteiger partial charge in [-0.1, -0.05) is 41.4 Å². The lowest BCUT2D eigenvalue weighted by Gasteiger charge is -2.18. The molecule has 1 heterocycles. The number of carbonyl (C=O) groups is 2. The van der Waals surface area contributed by atoms with Gasteiger partial charge in [-0.3, -0.25) is 9.79 Å². The Kier molecular flexibility index (Phi) is 10.7. The zero-order chi connectivity index (χ0) is 25.0. The van der Waals surface area contributed by atoms with E-state index in [1.807, 2.05) is 24.3 Å². The summed E-state index contributed by atoms with van der Waals surface area (Å²) in [5, 5.41) is 3.08. The summed E-state index contributed by atoms with van der Waals surface area (Å²) in [6, 6.07) is 11.3. The second kappa shape index (κ2) is 14.0. The largest absolute Gasteiger partial charge is 0.494 e. The number of carbonyl (C=O) groups excluding carboxylic acids is 2. The normalized spacial score (nSPS) is 13.9. The Morgan fingerprint density at radius 3 is 2.49 bits per heavy atom. The molecule has 1 atom stereocenters. The van der Waals surface area contributed by atoms with Gasteiger partial charge in [0.15, 0.2) is 5.90 Å². The van der Waals surface area contributed by atoms with Crippen LogP contribution in [0.15, 0.2) is 47.5 Å². The number of hydrogen-bond acceptors (Lipinski definition) is 6. The molecule has 0 spiro atoms. The molecule has 0 unspecified atom stereocenters. The van der Waals surface area contributed by atoms with Crippen molar-refractivity contribution in [2.45, 2.75) is 44.6 Å². The number of nitrogens with one attached hydrogen (secondary N) is 1. The number of ether oxygens (including phenoxy) is 3. The number of methoxy groups -OCH3 is 1. The number of rotatable bonds is 12. The molecule has 0 fully saturated rings. The smallest absolute Gasteiger partial charge is 0.328 e. The summed E-state index contributed by atoms with van der Waals surface area (Å²) < 4.78 is 16.2. The second-order valence-corrected chi connectivity index (χ2v) is 8.94. The Morgan fingerprint density at radius 1 is 1.09 bits per heavy atom. The number of amides is 1. The Labute approximate surface area is 215 Å². The van der Waals surface area contributed by atoms with Crippen molar-refractivity contribution in [3.8, 4) is 5.75 Å². The topological polar surface area (TPSA) is 86.2 Å². The minimum Gasteiger partial charge on any atom is -0.494 e. The van der Waals surface area contributed by atoms with Crippen LogP contribution in [0.25, 0.3) is 0 Å². The minimum atomic E-state index is -0.899. The molecule has 0 aliphatic carbocycles. The van der Waals surface area contributed by atoms with Crippen LogP contribution in [-0.4, -0.2) is 50.7 Å². The number of aliphatic imine (C=N–C) groups is 1. The lowest BCUT2D eigenvalue weighted by Crippen LogP contribution is -2.43. The van der Waals surface area contributed by atoms with Crippen LogP contribution in [0.2, 0.25) is 10.0 Å². The summed E-state index contributed by atoms with van der Waals surface area (Å²) in [4.78, 5) is 29.4. The highest BCUT2D eigenvalue weighted by atomic mass is 35.5. The van der Waals surface area contributed by atoms with Gasteiger partial charge < -0.3 is 19.5 Å². The molecule has 35 heavy (non-hydrogen) atoms. The zero-order valence-corrected chi connectivity index (χ0v) is 21.2. The Bertz CT molecular complexity index is 1010. The maximum absolute atomic E-state index is 12.7. The van der Waals surface area contributed by atoms with Crippen molar-refractivity contribution in [2.24, 2.45) is 4.99 Å². The van der Waals surface area contributed by atoms with Crippen LogP contribution in [-0.2, 0) is 20.7 Å². The summed E-state index contributed by atoms with van der Waals surface area (Å²) in [5.41, 5.74) is 0.958. The van der Waals surface area contributed by atoms with E-state index in [0.29, 0.717) is 6.61 Å². The molecule has 1 aliphatic heterocycles. The van der Waals surface area contributed by atoms with E-state index in [2.05, 4.69) is 10.3 Å². The van der Waals surface area contributed by atoms with E-state index in [1.54, 1.807) is 18.2 Å². The molecular weight excluding hydrogens is 491 g/mol. The van der Waals surface area contributed by atoms with Crippen LogP contribution < -0.4 is 10.1 Å². The van der Waals surface area contributed by atoms with Gasteiger partial charge in [0.05, 0.1) is 35.9 Å². The Morgan fingerprint density at radius 2 is 1.83 bits per heavy atom. The molecule has 0 saturated carbocycles. The third-order valence-electron chi connectivity index (χ3n) is 5.51. The highest BCUT2D eigenvalue weighted by Crippen LogP contribution is 2.24. The fourth-order valence-corrected chi connectivity index (χ4v) is 4.21. The first-order valence-electron chi connectivity index (χ1n) is 11.7. The molecule has 0 aromatic heterocycles. The maximum atomic E-state index is 12.7. The first kappa shape index (κ1) is 26.8. The van der Waals surface area contributed by atoms with Crippen molar-refractivity contribution >= 4 is 41.0 Å². The molecule has 1 amide bonds. The number of nitrogens with zero attached hydrogens (tertiary/aromatic N) is 1. The monoisotopic (exact) mass is 520 g/mol. The molecule has 1 N–H and O–H groups in total. The third kappa shape index (κ3) is 8.44. The number of halogens is 2. The molecular formula is C26H30Cl2N2O5. The average molecular weight is 521 g/mol. The Balaban J connectivity index is 1.47. The number of hydrogen-bond donors (Lipinski definition) is 1. The van der Waals surface area contributed by atoms with E-state index in [1.165, 1.54) is 7.11 Å². The van der Waals surface area contributed by atoms with Gasteiger partial charge in [-0.2, -0.15) is 0 Å². The molecule has 1 aliphatic rings. The van der Waals surface area contributed by atoms with Gasteiger partial charge >= 0.3 is 5.97 Å². The molecule has 188 valence electrons. The highest BCUT2D eigenvalue weighted by Gasteiger charge is 2.25. The van der Waals surface area contributed by atoms with Gasteiger partial charge in [-0.25, -0.2) is 4.79 Å². The third-order valence-corrected chi connectivity index (χ3v) is 6.14. The lowest BCUT2D eigenvalue weighted by atomic mass is 10.0. The van der Waals surface area contributed by atoms with Crippen molar-refractivity contribution in [2.75, 3.05) is 26.9 Å². The summed E-state index contributed by atoms with van der Waals surface area (Å²) in [6.45, 7) is 2.27. The van der Waals surface area contributed by atoms with Crippen LogP contribution in [0.3, 0.4) is 0 Å².